The van der Waals surface area contributed by atoms with Gasteiger partial charge >= 0.3 is 0 Å². The summed E-state index contributed by atoms with van der Waals surface area (Å²) in [6.07, 6.45) is 3.91. The topological polar surface area (TPSA) is 38.8 Å². The minimum atomic E-state index is 0.0116. The second-order valence-electron chi connectivity index (χ2n) is 8.47. The number of methoxy groups -OCH3 is 1. The number of ether oxygens (including phenoxy) is 2. The minimum absolute atomic E-state index is 0.0116. The number of benzene rings is 2. The Morgan fingerprint density at radius 2 is 1.83 bits per heavy atom. The average molecular weight is 394 g/mol. The van der Waals surface area contributed by atoms with E-state index in [1.54, 1.807) is 7.11 Å². The normalized spacial score (nSPS) is 18.5. The molecule has 4 nitrogen and oxygen atoms in total. The predicted octanol–water partition coefficient (Wildman–Crippen LogP) is 5.19. The van der Waals surface area contributed by atoms with Crippen LogP contribution in [0.1, 0.15) is 45.1 Å². The molecule has 0 unspecified atom stereocenters. The Hall–Kier alpha value is -2.33. The lowest BCUT2D eigenvalue weighted by molar-refractivity contribution is -0.122. The SMILES string of the molecule is CCC[C@@H](C)C(=O)N1CC2(CCOCC2)c2cc(-c3ccc(OC)cc3)ccc21. The van der Waals surface area contributed by atoms with Crippen molar-refractivity contribution in [1.29, 1.82) is 0 Å². The number of amides is 1. The lowest BCUT2D eigenvalue weighted by Gasteiger charge is -2.34. The molecule has 0 bridgehead atoms. The van der Waals surface area contributed by atoms with Gasteiger partial charge in [0, 0.05) is 36.8 Å². The highest BCUT2D eigenvalue weighted by atomic mass is 16.5. The molecule has 2 aliphatic heterocycles. The molecule has 1 saturated heterocycles. The minimum Gasteiger partial charge on any atom is -0.497 e. The van der Waals surface area contributed by atoms with E-state index in [0.717, 1.165) is 56.9 Å². The zero-order chi connectivity index (χ0) is 20.4. The van der Waals surface area contributed by atoms with E-state index in [1.807, 2.05) is 12.1 Å². The van der Waals surface area contributed by atoms with Crippen LogP contribution in [0.4, 0.5) is 5.69 Å². The van der Waals surface area contributed by atoms with Gasteiger partial charge < -0.3 is 14.4 Å². The van der Waals surface area contributed by atoms with Gasteiger partial charge in [0.1, 0.15) is 5.75 Å². The highest BCUT2D eigenvalue weighted by Gasteiger charge is 2.46. The average Bonchev–Trinajstić information content (AvgIpc) is 3.07. The maximum atomic E-state index is 13.2. The van der Waals surface area contributed by atoms with Gasteiger partial charge in [0.05, 0.1) is 7.11 Å². The number of fused-ring (bicyclic) bond motifs is 2. The fourth-order valence-electron chi connectivity index (χ4n) is 4.84. The van der Waals surface area contributed by atoms with Crippen LogP contribution in [0.25, 0.3) is 11.1 Å². The summed E-state index contributed by atoms with van der Waals surface area (Å²) in [5.41, 5.74) is 4.77. The number of hydrogen-bond acceptors (Lipinski definition) is 3. The van der Waals surface area contributed by atoms with Crippen LogP contribution in [0.5, 0.6) is 5.75 Å². The molecule has 0 N–H and O–H groups in total. The van der Waals surface area contributed by atoms with Crippen molar-refractivity contribution in [3.8, 4) is 16.9 Å². The summed E-state index contributed by atoms with van der Waals surface area (Å²) in [5, 5.41) is 0. The van der Waals surface area contributed by atoms with Gasteiger partial charge in [-0.3, -0.25) is 4.79 Å². The van der Waals surface area contributed by atoms with Gasteiger partial charge in [0.2, 0.25) is 5.91 Å². The number of rotatable bonds is 5. The van der Waals surface area contributed by atoms with E-state index >= 15 is 0 Å². The van der Waals surface area contributed by atoms with Crippen LogP contribution in [0, 0.1) is 5.92 Å². The van der Waals surface area contributed by atoms with E-state index in [1.165, 1.54) is 16.7 Å². The Bertz CT molecular complexity index is 868. The van der Waals surface area contributed by atoms with E-state index in [-0.39, 0.29) is 17.2 Å². The molecule has 4 rings (SSSR count). The second-order valence-corrected chi connectivity index (χ2v) is 8.47. The van der Waals surface area contributed by atoms with E-state index in [0.29, 0.717) is 0 Å². The smallest absolute Gasteiger partial charge is 0.229 e. The van der Waals surface area contributed by atoms with Gasteiger partial charge in [0.25, 0.3) is 0 Å². The predicted molar refractivity (Wildman–Crippen MR) is 117 cm³/mol. The summed E-state index contributed by atoms with van der Waals surface area (Å²) in [6.45, 7) is 6.51. The first kappa shape index (κ1) is 20.0. The highest BCUT2D eigenvalue weighted by molar-refractivity contribution is 5.98. The van der Waals surface area contributed by atoms with Crippen LogP contribution in [0.3, 0.4) is 0 Å². The Kier molecular flexibility index (Phi) is 5.64. The van der Waals surface area contributed by atoms with E-state index in [4.69, 9.17) is 9.47 Å². The molecule has 2 aliphatic rings. The van der Waals surface area contributed by atoms with Crippen molar-refractivity contribution in [1.82, 2.24) is 0 Å². The fraction of sp³-hybridized carbons (Fsp3) is 0.480. The molecule has 29 heavy (non-hydrogen) atoms. The standard InChI is InChI=1S/C25H31NO3/c1-4-5-18(2)24(27)26-17-25(12-14-29-15-13-25)22-16-20(8-11-23(22)26)19-6-9-21(28-3)10-7-19/h6-11,16,18H,4-5,12-15,17H2,1-3H3/t18-/m1/s1. The summed E-state index contributed by atoms with van der Waals surface area (Å²) >= 11 is 0. The molecule has 1 atom stereocenters. The van der Waals surface area contributed by atoms with E-state index in [2.05, 4.69) is 49.1 Å². The van der Waals surface area contributed by atoms with Gasteiger partial charge in [-0.25, -0.2) is 0 Å². The molecule has 4 heteroatoms. The number of nitrogens with zero attached hydrogens (tertiary/aromatic N) is 1. The maximum Gasteiger partial charge on any atom is 0.229 e. The van der Waals surface area contributed by atoms with Crippen molar-refractivity contribution in [2.24, 2.45) is 5.92 Å². The third-order valence-electron chi connectivity index (χ3n) is 6.60. The molecule has 1 spiro atoms. The van der Waals surface area contributed by atoms with Crippen LogP contribution in [0.2, 0.25) is 0 Å². The van der Waals surface area contributed by atoms with Crippen molar-refractivity contribution in [2.45, 2.75) is 44.9 Å². The summed E-state index contributed by atoms with van der Waals surface area (Å²) < 4.78 is 11.0. The molecule has 0 radical (unpaired) electrons. The molecule has 1 fully saturated rings. The molecule has 154 valence electrons. The Morgan fingerprint density at radius 1 is 1.14 bits per heavy atom. The van der Waals surface area contributed by atoms with Gasteiger partial charge in [-0.2, -0.15) is 0 Å². The van der Waals surface area contributed by atoms with Gasteiger partial charge in [-0.15, -0.1) is 0 Å². The summed E-state index contributed by atoms with van der Waals surface area (Å²) in [5.74, 6) is 1.18. The first-order valence-corrected chi connectivity index (χ1v) is 10.8. The molecule has 2 heterocycles. The molecule has 0 saturated carbocycles. The van der Waals surface area contributed by atoms with Crippen LogP contribution < -0.4 is 9.64 Å². The Morgan fingerprint density at radius 3 is 2.48 bits per heavy atom. The molecular formula is C25H31NO3. The third-order valence-corrected chi connectivity index (χ3v) is 6.60. The van der Waals surface area contributed by atoms with E-state index < -0.39 is 0 Å². The number of hydrogen-bond donors (Lipinski definition) is 0. The quantitative estimate of drug-likeness (QED) is 0.701. The first-order valence-electron chi connectivity index (χ1n) is 10.8. The van der Waals surface area contributed by atoms with Crippen molar-refractivity contribution < 1.29 is 14.3 Å². The van der Waals surface area contributed by atoms with Crippen molar-refractivity contribution in [2.75, 3.05) is 31.8 Å². The van der Waals surface area contributed by atoms with Crippen LogP contribution >= 0.6 is 0 Å². The molecular weight excluding hydrogens is 362 g/mol. The molecule has 1 amide bonds. The van der Waals surface area contributed by atoms with Crippen molar-refractivity contribution in [3.05, 3.63) is 48.0 Å². The molecule has 2 aromatic carbocycles. The van der Waals surface area contributed by atoms with Gasteiger partial charge in [-0.1, -0.05) is 38.5 Å². The summed E-state index contributed by atoms with van der Waals surface area (Å²) in [7, 11) is 1.68. The Labute approximate surface area is 173 Å². The monoisotopic (exact) mass is 393 g/mol. The van der Waals surface area contributed by atoms with Crippen LogP contribution in [0.15, 0.2) is 42.5 Å². The van der Waals surface area contributed by atoms with Gasteiger partial charge in [-0.05, 0) is 60.2 Å². The zero-order valence-corrected chi connectivity index (χ0v) is 17.7. The van der Waals surface area contributed by atoms with E-state index in [9.17, 15) is 4.79 Å². The molecule has 2 aromatic rings. The maximum absolute atomic E-state index is 13.2. The van der Waals surface area contributed by atoms with Crippen LogP contribution in [-0.2, 0) is 14.9 Å². The Balaban J connectivity index is 1.73. The fourth-order valence-corrected chi connectivity index (χ4v) is 4.84. The zero-order valence-electron chi connectivity index (χ0n) is 17.7. The lowest BCUT2D eigenvalue weighted by Crippen LogP contribution is -2.42. The van der Waals surface area contributed by atoms with Crippen molar-refractivity contribution in [3.63, 3.8) is 0 Å². The van der Waals surface area contributed by atoms with Gasteiger partial charge in [0.15, 0.2) is 0 Å². The highest BCUT2D eigenvalue weighted by Crippen LogP contribution is 2.48. The number of carbonyl (C=O) groups is 1. The molecule has 0 aromatic heterocycles. The van der Waals surface area contributed by atoms with Crippen molar-refractivity contribution >= 4 is 11.6 Å². The number of anilines is 1. The molecule has 0 aliphatic carbocycles. The lowest BCUT2D eigenvalue weighted by atomic mass is 9.75. The summed E-state index contributed by atoms with van der Waals surface area (Å²) in [6, 6.07) is 14.8. The first-order chi connectivity index (χ1) is 14.1. The second kappa shape index (κ2) is 8.19. The largest absolute Gasteiger partial charge is 0.497 e. The third kappa shape index (κ3) is 3.66. The number of carbonyl (C=O) groups excluding carboxylic acids is 1. The summed E-state index contributed by atoms with van der Waals surface area (Å²) in [4.78, 5) is 15.3. The van der Waals surface area contributed by atoms with Crippen LogP contribution in [-0.4, -0.2) is 32.8 Å².